The summed E-state index contributed by atoms with van der Waals surface area (Å²) >= 11 is 0. The van der Waals surface area contributed by atoms with Crippen molar-refractivity contribution in [2.45, 2.75) is 71.5 Å². The second-order valence-corrected chi connectivity index (χ2v) is 4.59. The summed E-state index contributed by atoms with van der Waals surface area (Å²) in [6, 6.07) is 0. The molecule has 2 unspecified atom stereocenters. The molecule has 0 aliphatic carbocycles. The molecular formula is C14H29O2. The van der Waals surface area contributed by atoms with Gasteiger partial charge in [-0.15, -0.1) is 0 Å². The summed E-state index contributed by atoms with van der Waals surface area (Å²) < 4.78 is 11.0. The van der Waals surface area contributed by atoms with Crippen LogP contribution in [-0.4, -0.2) is 25.4 Å². The lowest BCUT2D eigenvalue weighted by molar-refractivity contribution is -0.0211. The zero-order valence-electron chi connectivity index (χ0n) is 11.3. The highest BCUT2D eigenvalue weighted by Crippen LogP contribution is 2.05. The molecule has 2 nitrogen and oxygen atoms in total. The summed E-state index contributed by atoms with van der Waals surface area (Å²) in [5.74, 6) is 0. The molecule has 0 fully saturated rings. The second kappa shape index (κ2) is 11.4. The Labute approximate surface area is 102 Å². The Hall–Kier alpha value is -0.0800. The largest absolute Gasteiger partial charge is 0.376 e. The van der Waals surface area contributed by atoms with E-state index in [1.54, 1.807) is 0 Å². The van der Waals surface area contributed by atoms with Crippen LogP contribution in [0.15, 0.2) is 0 Å². The van der Waals surface area contributed by atoms with E-state index in [-0.39, 0.29) is 12.2 Å². The third-order valence-electron chi connectivity index (χ3n) is 2.52. The zero-order chi connectivity index (χ0) is 12.2. The van der Waals surface area contributed by atoms with Crippen molar-refractivity contribution in [2.75, 3.05) is 13.2 Å². The van der Waals surface area contributed by atoms with Crippen molar-refractivity contribution in [1.29, 1.82) is 0 Å². The van der Waals surface area contributed by atoms with Gasteiger partial charge in [0.05, 0.1) is 18.8 Å². The Bertz CT molecular complexity index is 135. The third kappa shape index (κ3) is 12.0. The van der Waals surface area contributed by atoms with Gasteiger partial charge in [0.1, 0.15) is 0 Å². The molecule has 0 aromatic rings. The summed E-state index contributed by atoms with van der Waals surface area (Å²) in [7, 11) is 0. The van der Waals surface area contributed by atoms with Crippen LogP contribution < -0.4 is 0 Å². The summed E-state index contributed by atoms with van der Waals surface area (Å²) in [6.45, 7) is 11.5. The Morgan fingerprint density at radius 1 is 0.938 bits per heavy atom. The molecule has 0 amide bonds. The lowest BCUT2D eigenvalue weighted by Crippen LogP contribution is -2.19. The van der Waals surface area contributed by atoms with Gasteiger partial charge in [0, 0.05) is 6.61 Å². The van der Waals surface area contributed by atoms with E-state index < -0.39 is 0 Å². The van der Waals surface area contributed by atoms with Gasteiger partial charge in [-0.1, -0.05) is 39.0 Å². The van der Waals surface area contributed by atoms with Gasteiger partial charge in [-0.3, -0.25) is 0 Å². The van der Waals surface area contributed by atoms with Gasteiger partial charge in [-0.05, 0) is 27.2 Å². The Kier molecular flexibility index (Phi) is 11.3. The van der Waals surface area contributed by atoms with Gasteiger partial charge in [0.25, 0.3) is 0 Å². The van der Waals surface area contributed by atoms with Crippen molar-refractivity contribution in [1.82, 2.24) is 0 Å². The van der Waals surface area contributed by atoms with Crippen molar-refractivity contribution < 1.29 is 9.47 Å². The van der Waals surface area contributed by atoms with E-state index in [2.05, 4.69) is 20.8 Å². The molecule has 0 aliphatic heterocycles. The maximum atomic E-state index is 5.65. The van der Waals surface area contributed by atoms with E-state index in [1.807, 2.05) is 6.92 Å². The topological polar surface area (TPSA) is 18.5 Å². The highest BCUT2D eigenvalue weighted by Gasteiger charge is 2.03. The number of unbranched alkanes of at least 4 members (excludes halogenated alkanes) is 5. The van der Waals surface area contributed by atoms with Gasteiger partial charge in [0.2, 0.25) is 0 Å². The number of ether oxygens (including phenoxy) is 2. The predicted octanol–water partition coefficient (Wildman–Crippen LogP) is 3.99. The first kappa shape index (κ1) is 15.9. The zero-order valence-corrected chi connectivity index (χ0v) is 11.3. The minimum atomic E-state index is 0.0556. The molecule has 16 heavy (non-hydrogen) atoms. The lowest BCUT2D eigenvalue weighted by Gasteiger charge is -2.15. The molecule has 97 valence electrons. The standard InChI is InChI=1S/C14H29O2/c1-5-6-7-8-9-10-11-15-14(4)12-16-13(2)3/h13-14H,2,5-12H2,1,3-4H3. The highest BCUT2D eigenvalue weighted by atomic mass is 16.5. The molecule has 2 atom stereocenters. The Balaban J connectivity index is 3.12. The van der Waals surface area contributed by atoms with E-state index >= 15 is 0 Å². The second-order valence-electron chi connectivity index (χ2n) is 4.59. The van der Waals surface area contributed by atoms with Crippen molar-refractivity contribution in [2.24, 2.45) is 0 Å². The number of hydrogen-bond acceptors (Lipinski definition) is 2. The van der Waals surface area contributed by atoms with Crippen LogP contribution in [0.3, 0.4) is 0 Å². The Morgan fingerprint density at radius 3 is 2.19 bits per heavy atom. The van der Waals surface area contributed by atoms with E-state index in [0.717, 1.165) is 6.61 Å². The summed E-state index contributed by atoms with van der Waals surface area (Å²) in [5, 5.41) is 0. The van der Waals surface area contributed by atoms with Crippen LogP contribution in [0.4, 0.5) is 0 Å². The number of hydrogen-bond donors (Lipinski definition) is 0. The summed E-state index contributed by atoms with van der Waals surface area (Å²) in [5.41, 5.74) is 0. The van der Waals surface area contributed by atoms with Crippen molar-refractivity contribution in [3.63, 3.8) is 0 Å². The highest BCUT2D eigenvalue weighted by molar-refractivity contribution is 4.54. The van der Waals surface area contributed by atoms with Gasteiger partial charge in [0.15, 0.2) is 0 Å². The number of rotatable bonds is 11. The average Bonchev–Trinajstić information content (AvgIpc) is 2.25. The normalized spacial score (nSPS) is 13.3. The van der Waals surface area contributed by atoms with Crippen LogP contribution in [0.1, 0.15) is 59.3 Å². The molecule has 2 heteroatoms. The molecular weight excluding hydrogens is 200 g/mol. The Morgan fingerprint density at radius 2 is 1.56 bits per heavy atom. The first-order valence-corrected chi connectivity index (χ1v) is 6.73. The van der Waals surface area contributed by atoms with Crippen molar-refractivity contribution in [3.8, 4) is 0 Å². The first-order chi connectivity index (χ1) is 7.66. The fraction of sp³-hybridized carbons (Fsp3) is 0.929. The van der Waals surface area contributed by atoms with E-state index in [4.69, 9.17) is 9.47 Å². The van der Waals surface area contributed by atoms with Gasteiger partial charge >= 0.3 is 0 Å². The minimum Gasteiger partial charge on any atom is -0.376 e. The summed E-state index contributed by atoms with van der Waals surface area (Å²) in [4.78, 5) is 0. The quantitative estimate of drug-likeness (QED) is 0.499. The van der Waals surface area contributed by atoms with Crippen molar-refractivity contribution in [3.05, 3.63) is 6.92 Å². The van der Waals surface area contributed by atoms with E-state index in [1.165, 1.54) is 38.5 Å². The molecule has 0 rings (SSSR count). The molecule has 0 aliphatic rings. The molecule has 0 aromatic carbocycles. The fourth-order valence-corrected chi connectivity index (χ4v) is 1.51. The molecule has 0 bridgehead atoms. The van der Waals surface area contributed by atoms with E-state index in [0.29, 0.717) is 6.61 Å². The molecule has 0 N–H and O–H groups in total. The van der Waals surface area contributed by atoms with Crippen LogP contribution in [0.5, 0.6) is 0 Å². The molecule has 0 saturated heterocycles. The van der Waals surface area contributed by atoms with Gasteiger partial charge < -0.3 is 9.47 Å². The predicted molar refractivity (Wildman–Crippen MR) is 69.6 cm³/mol. The van der Waals surface area contributed by atoms with Gasteiger partial charge in [-0.2, -0.15) is 0 Å². The van der Waals surface area contributed by atoms with Crippen LogP contribution in [0, 0.1) is 6.92 Å². The maximum absolute atomic E-state index is 5.65. The molecule has 0 spiro atoms. The van der Waals surface area contributed by atoms with Crippen molar-refractivity contribution >= 4 is 0 Å². The van der Waals surface area contributed by atoms with Gasteiger partial charge in [-0.25, -0.2) is 0 Å². The minimum absolute atomic E-state index is 0.0556. The molecule has 0 aromatic heterocycles. The van der Waals surface area contributed by atoms with Crippen LogP contribution in [0.25, 0.3) is 0 Å². The maximum Gasteiger partial charge on any atom is 0.0780 e. The summed E-state index contributed by atoms with van der Waals surface area (Å²) in [6.07, 6.45) is 8.11. The molecule has 0 heterocycles. The monoisotopic (exact) mass is 229 g/mol. The van der Waals surface area contributed by atoms with Crippen LogP contribution in [-0.2, 0) is 9.47 Å². The third-order valence-corrected chi connectivity index (χ3v) is 2.52. The smallest absolute Gasteiger partial charge is 0.0780 e. The SMILES string of the molecule is [CH2]C(C)OCC(C)OCCCCCCCC. The van der Waals surface area contributed by atoms with E-state index in [9.17, 15) is 0 Å². The lowest BCUT2D eigenvalue weighted by atomic mass is 10.1. The molecule has 0 saturated carbocycles. The van der Waals surface area contributed by atoms with Crippen LogP contribution in [0.2, 0.25) is 0 Å². The molecule has 1 radical (unpaired) electrons. The first-order valence-electron chi connectivity index (χ1n) is 6.73. The fourth-order valence-electron chi connectivity index (χ4n) is 1.51. The van der Waals surface area contributed by atoms with Crippen LogP contribution >= 0.6 is 0 Å². The average molecular weight is 229 g/mol.